The monoisotopic (exact) mass is 167 g/mol. The minimum absolute atomic E-state index is 1.29. The summed E-state index contributed by atoms with van der Waals surface area (Å²) in [5, 5.41) is 0. The van der Waals surface area contributed by atoms with E-state index in [1.165, 1.54) is 11.3 Å². The fraction of sp³-hybridized carbons (Fsp3) is 0.333. The molecule has 1 rings (SSSR count). The largest absolute Gasteiger partial charge is 0.377 e. The Morgan fingerprint density at radius 3 is 1.92 bits per heavy atom. The Morgan fingerprint density at radius 1 is 1.08 bits per heavy atom. The normalized spacial score (nSPS) is 8.42. The number of hydrogen-bond donors (Lipinski definition) is 2. The maximum Gasteiger partial charge on any atom is 0.0390 e. The van der Waals surface area contributed by atoms with E-state index in [-0.39, 0.29) is 0 Å². The summed E-state index contributed by atoms with van der Waals surface area (Å²) < 4.78 is 0. The van der Waals surface area contributed by atoms with Gasteiger partial charge in [0, 0.05) is 19.8 Å². The molecule has 1 aromatic rings. The van der Waals surface area contributed by atoms with Crippen LogP contribution >= 0.6 is 0 Å². The van der Waals surface area contributed by atoms with Crippen LogP contribution in [-0.4, -0.2) is 14.1 Å². The summed E-state index contributed by atoms with van der Waals surface area (Å²) in [4.78, 5) is 2.12. The van der Waals surface area contributed by atoms with Crippen molar-refractivity contribution >= 4 is 5.69 Å². The molecule has 12 heavy (non-hydrogen) atoms. The first-order valence-electron chi connectivity index (χ1n) is 3.78. The number of rotatable bonds is 1. The maximum absolute atomic E-state index is 4.00. The quantitative estimate of drug-likeness (QED) is 0.482. The van der Waals surface area contributed by atoms with Gasteiger partial charge in [-0.15, -0.1) is 0 Å². The highest BCUT2D eigenvalue weighted by Crippen LogP contribution is 2.15. The van der Waals surface area contributed by atoms with E-state index >= 15 is 0 Å². The van der Waals surface area contributed by atoms with Crippen LogP contribution in [0.3, 0.4) is 0 Å². The standard InChI is InChI=1S/C9H13N.H4N2/c1-8-6-4-5-7-9(8)10(2)3;1-2/h4-7H,1-3H3;1-2H2. The number of nitrogens with two attached hydrogens (primary N) is 2. The second-order valence-electron chi connectivity index (χ2n) is 2.68. The summed E-state index contributed by atoms with van der Waals surface area (Å²) in [6.07, 6.45) is 0. The summed E-state index contributed by atoms with van der Waals surface area (Å²) in [6, 6.07) is 8.36. The van der Waals surface area contributed by atoms with E-state index in [0.29, 0.717) is 0 Å². The van der Waals surface area contributed by atoms with Crippen molar-refractivity contribution in [2.75, 3.05) is 19.0 Å². The van der Waals surface area contributed by atoms with Gasteiger partial charge in [-0.3, -0.25) is 11.7 Å². The lowest BCUT2D eigenvalue weighted by Gasteiger charge is -2.14. The molecule has 0 bridgehead atoms. The van der Waals surface area contributed by atoms with Gasteiger partial charge >= 0.3 is 0 Å². The third kappa shape index (κ3) is 2.90. The molecule has 0 aliphatic rings. The van der Waals surface area contributed by atoms with Crippen molar-refractivity contribution in [3.63, 3.8) is 0 Å². The van der Waals surface area contributed by atoms with Gasteiger partial charge in [0.2, 0.25) is 0 Å². The highest BCUT2D eigenvalue weighted by Gasteiger charge is 1.95. The van der Waals surface area contributed by atoms with Gasteiger partial charge in [0.1, 0.15) is 0 Å². The SMILES string of the molecule is Cc1ccccc1N(C)C.NN. The van der Waals surface area contributed by atoms with E-state index in [9.17, 15) is 0 Å². The zero-order valence-electron chi connectivity index (χ0n) is 7.91. The van der Waals surface area contributed by atoms with Crippen LogP contribution < -0.4 is 16.6 Å². The van der Waals surface area contributed by atoms with Gasteiger partial charge in [0.25, 0.3) is 0 Å². The lowest BCUT2D eigenvalue weighted by molar-refractivity contribution is 1.11. The first-order valence-corrected chi connectivity index (χ1v) is 3.78. The molecule has 3 nitrogen and oxygen atoms in total. The first-order chi connectivity index (χ1) is 5.72. The highest BCUT2D eigenvalue weighted by molar-refractivity contribution is 5.51. The van der Waals surface area contributed by atoms with Crippen molar-refractivity contribution < 1.29 is 0 Å². The fourth-order valence-corrected chi connectivity index (χ4v) is 1.07. The smallest absolute Gasteiger partial charge is 0.0390 e. The second-order valence-corrected chi connectivity index (χ2v) is 2.68. The summed E-state index contributed by atoms with van der Waals surface area (Å²) in [5.74, 6) is 8.00. The second kappa shape index (κ2) is 5.57. The first kappa shape index (κ1) is 10.9. The van der Waals surface area contributed by atoms with Gasteiger partial charge in [-0.1, -0.05) is 18.2 Å². The number of hydrogen-bond acceptors (Lipinski definition) is 3. The Balaban J connectivity index is 0.000000561. The molecule has 0 aliphatic carbocycles. The molecular formula is C9H17N3. The Bertz CT molecular complexity index is 221. The van der Waals surface area contributed by atoms with Crippen molar-refractivity contribution in [1.29, 1.82) is 0 Å². The van der Waals surface area contributed by atoms with Crippen molar-refractivity contribution in [2.45, 2.75) is 6.92 Å². The van der Waals surface area contributed by atoms with Crippen molar-refractivity contribution in [2.24, 2.45) is 11.7 Å². The van der Waals surface area contributed by atoms with E-state index in [4.69, 9.17) is 0 Å². The zero-order chi connectivity index (χ0) is 9.56. The van der Waals surface area contributed by atoms with Crippen molar-refractivity contribution in [3.05, 3.63) is 29.8 Å². The van der Waals surface area contributed by atoms with Gasteiger partial charge < -0.3 is 4.90 Å². The van der Waals surface area contributed by atoms with Gasteiger partial charge in [0.05, 0.1) is 0 Å². The van der Waals surface area contributed by atoms with Crippen LogP contribution in [0.15, 0.2) is 24.3 Å². The van der Waals surface area contributed by atoms with E-state index < -0.39 is 0 Å². The third-order valence-electron chi connectivity index (χ3n) is 1.60. The molecule has 0 fully saturated rings. The number of nitrogens with zero attached hydrogens (tertiary/aromatic N) is 1. The molecule has 0 aromatic heterocycles. The molecular weight excluding hydrogens is 150 g/mol. The number of aryl methyl sites for hydroxylation is 1. The van der Waals surface area contributed by atoms with Crippen LogP contribution in [0, 0.1) is 6.92 Å². The molecule has 68 valence electrons. The zero-order valence-corrected chi connectivity index (χ0v) is 7.91. The van der Waals surface area contributed by atoms with Gasteiger partial charge in [-0.05, 0) is 18.6 Å². The molecule has 0 saturated carbocycles. The molecule has 0 atom stereocenters. The number of hydrazine groups is 1. The van der Waals surface area contributed by atoms with Crippen LogP contribution in [0.25, 0.3) is 0 Å². The minimum Gasteiger partial charge on any atom is -0.377 e. The van der Waals surface area contributed by atoms with Gasteiger partial charge in [0.15, 0.2) is 0 Å². The van der Waals surface area contributed by atoms with E-state index in [1.807, 2.05) is 0 Å². The molecule has 0 unspecified atom stereocenters. The Kier molecular flexibility index (Phi) is 5.08. The van der Waals surface area contributed by atoms with Crippen molar-refractivity contribution in [3.8, 4) is 0 Å². The topological polar surface area (TPSA) is 55.3 Å². The van der Waals surface area contributed by atoms with Gasteiger partial charge in [-0.25, -0.2) is 0 Å². The molecule has 0 saturated heterocycles. The molecule has 1 aromatic carbocycles. The molecule has 4 N–H and O–H groups in total. The lowest BCUT2D eigenvalue weighted by atomic mass is 10.2. The maximum atomic E-state index is 4.00. The number of para-hydroxylation sites is 1. The van der Waals surface area contributed by atoms with Gasteiger partial charge in [-0.2, -0.15) is 0 Å². The lowest BCUT2D eigenvalue weighted by Crippen LogP contribution is -2.09. The van der Waals surface area contributed by atoms with Crippen LogP contribution in [0.2, 0.25) is 0 Å². The predicted molar refractivity (Wildman–Crippen MR) is 53.9 cm³/mol. The van der Waals surface area contributed by atoms with E-state index in [0.717, 1.165) is 0 Å². The molecule has 3 heteroatoms. The molecule has 0 aliphatic heterocycles. The molecule has 0 spiro atoms. The Labute approximate surface area is 73.9 Å². The Morgan fingerprint density at radius 2 is 1.58 bits per heavy atom. The highest BCUT2D eigenvalue weighted by atomic mass is 15.1. The summed E-state index contributed by atoms with van der Waals surface area (Å²) in [6.45, 7) is 2.12. The summed E-state index contributed by atoms with van der Waals surface area (Å²) in [7, 11) is 4.12. The van der Waals surface area contributed by atoms with Crippen LogP contribution in [-0.2, 0) is 0 Å². The predicted octanol–water partition coefficient (Wildman–Crippen LogP) is 0.880. The fourth-order valence-electron chi connectivity index (χ4n) is 1.07. The average Bonchev–Trinajstić information content (AvgIpc) is 2.08. The Hall–Kier alpha value is -1.06. The summed E-state index contributed by atoms with van der Waals surface area (Å²) >= 11 is 0. The van der Waals surface area contributed by atoms with Crippen LogP contribution in [0.5, 0.6) is 0 Å². The van der Waals surface area contributed by atoms with E-state index in [1.54, 1.807) is 0 Å². The van der Waals surface area contributed by atoms with Crippen LogP contribution in [0.1, 0.15) is 5.56 Å². The molecule has 0 radical (unpaired) electrons. The summed E-state index contributed by atoms with van der Waals surface area (Å²) in [5.41, 5.74) is 2.62. The number of benzene rings is 1. The van der Waals surface area contributed by atoms with E-state index in [2.05, 4.69) is 61.9 Å². The minimum atomic E-state index is 1.29. The molecule has 0 amide bonds. The molecule has 0 heterocycles. The average molecular weight is 167 g/mol. The third-order valence-corrected chi connectivity index (χ3v) is 1.60. The van der Waals surface area contributed by atoms with Crippen LogP contribution in [0.4, 0.5) is 5.69 Å². The van der Waals surface area contributed by atoms with Crippen molar-refractivity contribution in [1.82, 2.24) is 0 Å². The number of anilines is 1.